The molecular weight excluding hydrogens is 356 g/mol. The molecule has 0 unspecified atom stereocenters. The van der Waals surface area contributed by atoms with E-state index >= 15 is 0 Å². The van der Waals surface area contributed by atoms with Crippen molar-refractivity contribution >= 4 is 11.6 Å². The lowest BCUT2D eigenvalue weighted by Gasteiger charge is -2.31. The smallest absolute Gasteiger partial charge is 0.347 e. The number of aromatic amines is 1. The topological polar surface area (TPSA) is 110 Å². The third-order valence-corrected chi connectivity index (χ3v) is 5.13. The number of benzene rings is 1. The van der Waals surface area contributed by atoms with Gasteiger partial charge in [0.05, 0.1) is 5.69 Å². The van der Waals surface area contributed by atoms with E-state index in [1.165, 1.54) is 0 Å². The van der Waals surface area contributed by atoms with Crippen molar-refractivity contribution in [3.63, 3.8) is 0 Å². The molecule has 3 heterocycles. The van der Waals surface area contributed by atoms with Gasteiger partial charge in [0.2, 0.25) is 0 Å². The fourth-order valence-electron chi connectivity index (χ4n) is 3.63. The normalized spacial score (nSPS) is 14.9. The third-order valence-electron chi connectivity index (χ3n) is 5.13. The van der Waals surface area contributed by atoms with Crippen LogP contribution in [0.2, 0.25) is 0 Å². The molecule has 4 rings (SSSR count). The number of hydrogen-bond acceptors (Lipinski definition) is 5. The molecule has 0 spiro atoms. The average Bonchev–Trinajstić information content (AvgIpc) is 3.08. The number of nitrogens with zero attached hydrogens (tertiary/aromatic N) is 4. The van der Waals surface area contributed by atoms with Gasteiger partial charge in [-0.1, -0.05) is 18.2 Å². The zero-order chi connectivity index (χ0) is 19.5. The number of nitrogens with one attached hydrogen (secondary N) is 1. The van der Waals surface area contributed by atoms with Gasteiger partial charge in [0.1, 0.15) is 11.5 Å². The molecule has 8 nitrogen and oxygen atoms in total. The molecule has 3 N–H and O–H groups in total. The molecule has 1 aliphatic rings. The number of nitrogen functional groups attached to an aromatic ring is 1. The Morgan fingerprint density at radius 1 is 1.18 bits per heavy atom. The highest BCUT2D eigenvalue weighted by Gasteiger charge is 2.26. The maximum atomic E-state index is 12.6. The van der Waals surface area contributed by atoms with E-state index in [-0.39, 0.29) is 11.6 Å². The molecule has 0 radical (unpaired) electrons. The summed E-state index contributed by atoms with van der Waals surface area (Å²) in [6.45, 7) is 1.31. The van der Waals surface area contributed by atoms with E-state index < -0.39 is 0 Å². The Kier molecular flexibility index (Phi) is 4.92. The highest BCUT2D eigenvalue weighted by Crippen LogP contribution is 2.22. The molecule has 2 aromatic heterocycles. The van der Waals surface area contributed by atoms with Gasteiger partial charge in [-0.2, -0.15) is 5.10 Å². The van der Waals surface area contributed by atoms with E-state index in [9.17, 15) is 9.59 Å². The number of likely N-dealkylation sites (tertiary alicyclic amines) is 1. The first-order valence-electron chi connectivity index (χ1n) is 9.34. The van der Waals surface area contributed by atoms with Gasteiger partial charge >= 0.3 is 5.69 Å². The van der Waals surface area contributed by atoms with Gasteiger partial charge in [-0.25, -0.2) is 14.5 Å². The zero-order valence-corrected chi connectivity index (χ0v) is 15.4. The first-order valence-corrected chi connectivity index (χ1v) is 9.34. The molecule has 0 atom stereocenters. The van der Waals surface area contributed by atoms with Crippen molar-refractivity contribution in [2.24, 2.45) is 5.92 Å². The fraction of sp³-hybridized carbons (Fsp3) is 0.300. The molecule has 8 heteroatoms. The molecule has 1 fully saturated rings. The van der Waals surface area contributed by atoms with Crippen LogP contribution in [0.4, 0.5) is 5.69 Å². The second-order valence-corrected chi connectivity index (χ2v) is 7.03. The second-order valence-electron chi connectivity index (χ2n) is 7.03. The van der Waals surface area contributed by atoms with E-state index in [2.05, 4.69) is 15.2 Å². The van der Waals surface area contributed by atoms with Crippen molar-refractivity contribution < 1.29 is 4.79 Å². The third kappa shape index (κ3) is 3.66. The van der Waals surface area contributed by atoms with Gasteiger partial charge in [-0.15, -0.1) is 0 Å². The van der Waals surface area contributed by atoms with Gasteiger partial charge in [-0.05, 0) is 43.0 Å². The number of H-pyrrole nitrogens is 1. The minimum atomic E-state index is -0.235. The quantitative estimate of drug-likeness (QED) is 0.717. The highest BCUT2D eigenvalue weighted by atomic mass is 16.2. The van der Waals surface area contributed by atoms with Gasteiger partial charge in [0.25, 0.3) is 5.91 Å². The van der Waals surface area contributed by atoms with Crippen molar-refractivity contribution in [3.05, 3.63) is 70.7 Å². The van der Waals surface area contributed by atoms with Crippen LogP contribution in [0.5, 0.6) is 0 Å². The largest absolute Gasteiger partial charge is 0.399 e. The molecule has 3 aromatic rings. The first-order chi connectivity index (χ1) is 13.6. The molecular formula is C20H22N6O2. The van der Waals surface area contributed by atoms with E-state index in [0.717, 1.165) is 24.4 Å². The van der Waals surface area contributed by atoms with Crippen molar-refractivity contribution in [1.82, 2.24) is 24.6 Å². The first kappa shape index (κ1) is 18.0. The van der Waals surface area contributed by atoms with E-state index in [0.29, 0.717) is 36.8 Å². The lowest BCUT2D eigenvalue weighted by atomic mass is 9.93. The Hall–Kier alpha value is -3.42. The van der Waals surface area contributed by atoms with E-state index in [4.69, 9.17) is 5.73 Å². The van der Waals surface area contributed by atoms with Crippen LogP contribution in [0.15, 0.2) is 53.5 Å². The number of rotatable bonds is 4. The minimum absolute atomic E-state index is 0.0910. The summed E-state index contributed by atoms with van der Waals surface area (Å²) in [7, 11) is 0. The van der Waals surface area contributed by atoms with Gasteiger partial charge in [-0.3, -0.25) is 9.78 Å². The lowest BCUT2D eigenvalue weighted by Crippen LogP contribution is -2.39. The summed E-state index contributed by atoms with van der Waals surface area (Å²) >= 11 is 0. The van der Waals surface area contributed by atoms with Gasteiger partial charge < -0.3 is 10.6 Å². The summed E-state index contributed by atoms with van der Waals surface area (Å²) in [6.07, 6.45) is 3.94. The molecule has 0 saturated carbocycles. The zero-order valence-electron chi connectivity index (χ0n) is 15.4. The number of aromatic nitrogens is 4. The number of hydrogen-bond donors (Lipinski definition) is 2. The lowest BCUT2D eigenvalue weighted by molar-refractivity contribution is 0.0684. The SMILES string of the molecule is Nc1ccnc(C(=O)N2CCC(Cc3n[nH]c(=O)n3-c3ccccc3)CC2)c1. The number of amides is 1. The highest BCUT2D eigenvalue weighted by molar-refractivity contribution is 5.93. The predicted molar refractivity (Wildman–Crippen MR) is 105 cm³/mol. The summed E-state index contributed by atoms with van der Waals surface area (Å²) < 4.78 is 1.62. The summed E-state index contributed by atoms with van der Waals surface area (Å²) in [5, 5.41) is 6.77. The van der Waals surface area contributed by atoms with Crippen LogP contribution in [-0.2, 0) is 6.42 Å². The molecule has 0 bridgehead atoms. The molecule has 28 heavy (non-hydrogen) atoms. The molecule has 1 aromatic carbocycles. The van der Waals surface area contributed by atoms with Gasteiger partial charge in [0.15, 0.2) is 0 Å². The number of nitrogens with two attached hydrogens (primary N) is 1. The average molecular weight is 378 g/mol. The molecule has 1 saturated heterocycles. The van der Waals surface area contributed by atoms with Crippen LogP contribution >= 0.6 is 0 Å². The van der Waals surface area contributed by atoms with Crippen molar-refractivity contribution in [2.45, 2.75) is 19.3 Å². The number of piperidine rings is 1. The number of anilines is 1. The standard InChI is InChI=1S/C20H22N6O2/c21-15-6-9-22-17(13-15)19(27)25-10-7-14(8-11-25)12-18-23-24-20(28)26(18)16-4-2-1-3-5-16/h1-6,9,13-14H,7-8,10-12H2,(H2,21,22)(H,24,28). The van der Waals surface area contributed by atoms with Crippen LogP contribution in [0.25, 0.3) is 5.69 Å². The Morgan fingerprint density at radius 3 is 2.64 bits per heavy atom. The molecule has 144 valence electrons. The van der Waals surface area contributed by atoms with Crippen LogP contribution in [0.1, 0.15) is 29.2 Å². The van der Waals surface area contributed by atoms with Crippen molar-refractivity contribution in [2.75, 3.05) is 18.8 Å². The maximum Gasteiger partial charge on any atom is 0.347 e. The Balaban J connectivity index is 1.42. The maximum absolute atomic E-state index is 12.6. The number of pyridine rings is 1. The predicted octanol–water partition coefficient (Wildman–Crippen LogP) is 1.63. The summed E-state index contributed by atoms with van der Waals surface area (Å²) in [5.74, 6) is 0.987. The number of para-hydroxylation sites is 1. The van der Waals surface area contributed by atoms with Crippen LogP contribution in [0, 0.1) is 5.92 Å². The van der Waals surface area contributed by atoms with E-state index in [1.54, 1.807) is 22.9 Å². The number of carbonyl (C=O) groups is 1. The van der Waals surface area contributed by atoms with E-state index in [1.807, 2.05) is 35.2 Å². The van der Waals surface area contributed by atoms with Crippen molar-refractivity contribution in [1.29, 1.82) is 0 Å². The monoisotopic (exact) mass is 378 g/mol. The minimum Gasteiger partial charge on any atom is -0.399 e. The van der Waals surface area contributed by atoms with Crippen LogP contribution in [0.3, 0.4) is 0 Å². The Morgan fingerprint density at radius 2 is 1.93 bits per heavy atom. The van der Waals surface area contributed by atoms with Crippen LogP contribution in [-0.4, -0.2) is 43.6 Å². The summed E-state index contributed by atoms with van der Waals surface area (Å²) in [4.78, 5) is 30.7. The summed E-state index contributed by atoms with van der Waals surface area (Å²) in [5.41, 5.74) is 7.23. The Bertz CT molecular complexity index is 1020. The van der Waals surface area contributed by atoms with Gasteiger partial charge in [0, 0.05) is 31.4 Å². The summed E-state index contributed by atoms with van der Waals surface area (Å²) in [6, 6.07) is 12.8. The van der Waals surface area contributed by atoms with Crippen molar-refractivity contribution in [3.8, 4) is 5.69 Å². The molecule has 1 amide bonds. The molecule has 1 aliphatic heterocycles. The van der Waals surface area contributed by atoms with Crippen LogP contribution < -0.4 is 11.4 Å². The second kappa shape index (κ2) is 7.67. The Labute approximate surface area is 162 Å². The fourth-order valence-corrected chi connectivity index (χ4v) is 3.63. The number of carbonyl (C=O) groups excluding carboxylic acids is 1. The molecule has 0 aliphatic carbocycles.